The van der Waals surface area contributed by atoms with Crippen molar-refractivity contribution in [3.63, 3.8) is 0 Å². The van der Waals surface area contributed by atoms with Crippen LogP contribution in [-0.4, -0.2) is 88.9 Å². The number of ether oxygens (including phenoxy) is 2. The average Bonchev–Trinajstić information content (AvgIpc) is 0.795. The van der Waals surface area contributed by atoms with E-state index < -0.39 is 57.1 Å². The molecule has 5 amide bonds. The van der Waals surface area contributed by atoms with Gasteiger partial charge in [-0.2, -0.15) is 0 Å². The molecule has 15 aromatic rings. The highest BCUT2D eigenvalue weighted by molar-refractivity contribution is 8.00. The topological polar surface area (TPSA) is 604 Å². The maximum absolute atomic E-state index is 13.1. The number of Topliss-reactive ketones (excluding diaryl/α,β-unsaturated/α-hetero) is 1. The summed E-state index contributed by atoms with van der Waals surface area (Å²) in [6.07, 6.45) is 0.853. The first-order valence-corrected chi connectivity index (χ1v) is 47.1. The van der Waals surface area contributed by atoms with Crippen LogP contribution in [0.1, 0.15) is 87.1 Å². The first-order chi connectivity index (χ1) is 70.4. The second kappa shape index (κ2) is 51.6. The lowest BCUT2D eigenvalue weighted by atomic mass is 10.1. The van der Waals surface area contributed by atoms with Gasteiger partial charge in [-0.25, -0.2) is 0 Å². The number of methoxy groups -OCH3 is 2. The number of nitrogens with one attached hydrogen (secondary N) is 5. The van der Waals surface area contributed by atoms with Crippen LogP contribution in [0.4, 0.5) is 91.0 Å². The second-order valence-corrected chi connectivity index (χ2v) is 36.0. The fraction of sp³-hybridized carbons (Fsp3) is 0.0588. The Morgan fingerprint density at radius 3 is 0.912 bits per heavy atom. The van der Waals surface area contributed by atoms with E-state index in [9.17, 15) is 110 Å². The van der Waals surface area contributed by atoms with E-state index in [0.29, 0.717) is 113 Å². The van der Waals surface area contributed by atoms with Gasteiger partial charge in [0.05, 0.1) is 87.5 Å². The molecule has 45 heteroatoms. The van der Waals surface area contributed by atoms with E-state index in [2.05, 4.69) is 26.6 Å². The smallest absolute Gasteiger partial charge is 0.283 e. The molecule has 147 heavy (non-hydrogen) atoms. The molecule has 0 saturated heterocycles. The lowest BCUT2D eigenvalue weighted by Crippen LogP contribution is -2.16. The van der Waals surface area contributed by atoms with Gasteiger partial charge in [0.25, 0.3) is 75.0 Å². The molecule has 0 aromatic heterocycles. The molecule has 11 N–H and O–H groups in total. The number of benzene rings is 15. The molecule has 0 heterocycles. The van der Waals surface area contributed by atoms with E-state index in [0.717, 1.165) is 62.6 Å². The van der Waals surface area contributed by atoms with E-state index in [1.807, 2.05) is 38.1 Å². The summed E-state index contributed by atoms with van der Waals surface area (Å²) in [7, 11) is 3.08. The number of hydrogen-bond donors (Lipinski definition) is 8. The predicted molar refractivity (Wildman–Crippen MR) is 561 cm³/mol. The molecule has 0 aliphatic heterocycles. The number of amides is 5. The molecule has 0 spiro atoms. The van der Waals surface area contributed by atoms with Crippen LogP contribution in [0.3, 0.4) is 0 Å². The molecular formula is C102H82N16O24S5. The Hall–Kier alpha value is -18.7. The quantitative estimate of drug-likeness (QED) is 0.00840. The molecule has 0 unspecified atom stereocenters. The van der Waals surface area contributed by atoms with Crippen LogP contribution in [-0.2, 0) is 6.42 Å². The third kappa shape index (κ3) is 29.9. The number of nitro groups is 8. The van der Waals surface area contributed by atoms with Gasteiger partial charge in [-0.3, -0.25) is 110 Å². The molecule has 15 aromatic carbocycles. The number of nitro benzene ring substituents is 8. The Labute approximate surface area is 855 Å². The van der Waals surface area contributed by atoms with Crippen molar-refractivity contribution in [3.05, 3.63) is 453 Å². The summed E-state index contributed by atoms with van der Waals surface area (Å²) < 4.78 is 10.7. The largest absolute Gasteiger partial charge is 0.495 e. The van der Waals surface area contributed by atoms with Crippen LogP contribution in [0.15, 0.2) is 377 Å². The summed E-state index contributed by atoms with van der Waals surface area (Å²) in [6, 6.07) is 85.1. The number of carbonyl (C=O) groups is 6. The third-order valence-corrected chi connectivity index (χ3v) is 25.9. The fourth-order valence-electron chi connectivity index (χ4n) is 13.3. The Morgan fingerprint density at radius 2 is 0.578 bits per heavy atom. The molecule has 0 aliphatic carbocycles. The first-order valence-electron chi connectivity index (χ1n) is 43.0. The predicted octanol–water partition coefficient (Wildman–Crippen LogP) is 24.6. The van der Waals surface area contributed by atoms with Crippen molar-refractivity contribution < 1.29 is 77.6 Å². The molecule has 0 aliphatic rings. The lowest BCUT2D eigenvalue weighted by Gasteiger charge is -2.15. The molecule has 40 nitrogen and oxygen atoms in total. The highest BCUT2D eigenvalue weighted by Gasteiger charge is 2.31. The van der Waals surface area contributed by atoms with Crippen LogP contribution >= 0.6 is 58.8 Å². The van der Waals surface area contributed by atoms with Gasteiger partial charge in [-0.15, -0.1) is 0 Å². The summed E-state index contributed by atoms with van der Waals surface area (Å²) in [5.41, 5.74) is 22.8. The van der Waals surface area contributed by atoms with Gasteiger partial charge in [-0.1, -0.05) is 156 Å². The molecule has 0 fully saturated rings. The molecule has 744 valence electrons. The van der Waals surface area contributed by atoms with Crippen molar-refractivity contribution in [3.8, 4) is 11.5 Å². The van der Waals surface area contributed by atoms with Crippen molar-refractivity contribution >= 4 is 185 Å². The van der Waals surface area contributed by atoms with E-state index in [1.54, 1.807) is 171 Å². The van der Waals surface area contributed by atoms with E-state index in [-0.39, 0.29) is 79.8 Å². The third-order valence-electron chi connectivity index (χ3n) is 20.6. The maximum atomic E-state index is 13.1. The van der Waals surface area contributed by atoms with Gasteiger partial charge in [0.15, 0.2) is 5.78 Å². The number of aryl methyl sites for hydroxylation is 2. The van der Waals surface area contributed by atoms with E-state index in [1.165, 1.54) is 177 Å². The van der Waals surface area contributed by atoms with Crippen LogP contribution < -0.4 is 53.3 Å². The van der Waals surface area contributed by atoms with E-state index in [4.69, 9.17) is 26.7 Å². The van der Waals surface area contributed by atoms with Gasteiger partial charge in [-0.05, 0) is 190 Å². The Balaban J connectivity index is 0.000000175. The van der Waals surface area contributed by atoms with Crippen LogP contribution in [0.2, 0.25) is 0 Å². The van der Waals surface area contributed by atoms with Crippen molar-refractivity contribution in [2.45, 2.75) is 76.1 Å². The molecule has 0 radical (unpaired) electrons. The van der Waals surface area contributed by atoms with Gasteiger partial charge in [0, 0.05) is 156 Å². The lowest BCUT2D eigenvalue weighted by molar-refractivity contribution is -0.385. The molecule has 0 saturated carbocycles. The Bertz CT molecular complexity index is 7530. The first kappa shape index (κ1) is 109. The zero-order valence-corrected chi connectivity index (χ0v) is 81.6. The Morgan fingerprint density at radius 1 is 0.286 bits per heavy atom. The van der Waals surface area contributed by atoms with Crippen LogP contribution in [0.25, 0.3) is 0 Å². The number of nitrogens with two attached hydrogens (primary N) is 3. The standard InChI is InChI=1S/C22H21N3O4S.C21H15N3O6S.C20H15N3O5S.C20H17N3O4S.C19H14N4O5S/c1-3-14-7-12-18(19(13-14)29-2)24-22(26)21-17(23)5-4-6-20(21)30-16-10-8-15(9-11-16)25(27)28;1-13(25)14-4-2-5-15(12-14)22-21(26)20-18(24(29)30)6-3-7-19(20)31-17-10-8-16(9-11-17)23(27)28;1-13-5-7-14(8-6-13)21-20(24)19-17(23(27)28)3-2-4-18(19)29-16-11-9-15(10-12-16)22(25)26;1-27-17-7-3-2-6-16(17)22-20(24)19-15(21)5-4-8-18(19)28-14-11-9-13(10-12-14)23(25)26;20-14-4-1-2-5-15(14)21-19(24)18-16(23(27)28)6-3-7-17(18)29-13-10-8-12(9-11-13)22(25)26/h4-13H,3,23H2,1-2H3,(H,24,26);2-12H,1H3,(H,22,26);2-12H,1H3,(H,21,24);2-12H,21H2,1H3,(H,22,24);1-11H,20H2,(H,21,24). The summed E-state index contributed by atoms with van der Waals surface area (Å²) in [4.78, 5) is 166. The number of hydrogen-bond acceptors (Lipinski definition) is 32. The van der Waals surface area contributed by atoms with Gasteiger partial charge >= 0.3 is 0 Å². The zero-order valence-electron chi connectivity index (χ0n) is 77.5. The number of nitrogen functional groups attached to an aromatic ring is 3. The highest BCUT2D eigenvalue weighted by Crippen LogP contribution is 2.43. The minimum atomic E-state index is -0.711. The number of anilines is 8. The van der Waals surface area contributed by atoms with Crippen molar-refractivity contribution in [1.29, 1.82) is 0 Å². The molecule has 0 bridgehead atoms. The molecule has 15 rings (SSSR count). The van der Waals surface area contributed by atoms with Gasteiger partial charge in [0.1, 0.15) is 28.2 Å². The van der Waals surface area contributed by atoms with Crippen molar-refractivity contribution in [1.82, 2.24) is 0 Å². The fourth-order valence-corrected chi connectivity index (χ4v) is 18.2. The van der Waals surface area contributed by atoms with E-state index >= 15 is 0 Å². The SMILES string of the molecule is CC(=O)c1cccc(NC(=O)c2c(Sc3ccc([N+](=O)[O-])cc3)cccc2[N+](=O)[O-])c1.CCc1ccc(NC(=O)c2c(N)cccc2Sc2ccc([N+](=O)[O-])cc2)c(OC)c1.COc1ccccc1NC(=O)c1c(N)cccc1Sc1ccc([N+](=O)[O-])cc1.Cc1ccc(NC(=O)c2c(Sc3ccc([N+](=O)[O-])cc3)cccc2[N+](=O)[O-])cc1.Nc1ccccc1NC(=O)c1c(Sc2ccc([N+](=O)[O-])cc2)cccc1[N+](=O)[O-]. The minimum absolute atomic E-state index is 0.00562. The number of para-hydroxylation sites is 4. The van der Waals surface area contributed by atoms with Gasteiger partial charge in [0.2, 0.25) is 0 Å². The molecular weight excluding hydrogens is 1990 g/mol. The number of non-ortho nitro benzene ring substituents is 5. The average molecular weight is 2080 g/mol. The van der Waals surface area contributed by atoms with Crippen molar-refractivity contribution in [2.24, 2.45) is 0 Å². The zero-order chi connectivity index (χ0) is 106. The monoisotopic (exact) mass is 2070 g/mol. The second-order valence-electron chi connectivity index (χ2n) is 30.4. The van der Waals surface area contributed by atoms with Crippen LogP contribution in [0, 0.1) is 87.8 Å². The number of rotatable bonds is 32. The molecule has 0 atom stereocenters. The normalized spacial score (nSPS) is 10.4. The summed E-state index contributed by atoms with van der Waals surface area (Å²) >= 11 is 5.89. The van der Waals surface area contributed by atoms with Crippen molar-refractivity contribution in [2.75, 3.05) is 58.0 Å². The minimum Gasteiger partial charge on any atom is -0.495 e. The highest BCUT2D eigenvalue weighted by atomic mass is 32.2. The maximum Gasteiger partial charge on any atom is 0.283 e. The van der Waals surface area contributed by atoms with Gasteiger partial charge < -0.3 is 53.3 Å². The van der Waals surface area contributed by atoms with Crippen LogP contribution in [0.5, 0.6) is 11.5 Å². The summed E-state index contributed by atoms with van der Waals surface area (Å²) in [5.74, 6) is -1.80. The summed E-state index contributed by atoms with van der Waals surface area (Å²) in [5, 5.41) is 102. The Kier molecular flexibility index (Phi) is 38.2. The number of carbonyl (C=O) groups excluding carboxylic acids is 6. The number of ketones is 1. The summed E-state index contributed by atoms with van der Waals surface area (Å²) in [6.45, 7) is 5.34. The number of nitrogens with zero attached hydrogens (tertiary/aromatic N) is 8.